The van der Waals surface area contributed by atoms with Gasteiger partial charge in [-0.2, -0.15) is 0 Å². The molecule has 4 rings (SSSR count). The molecule has 3 heteroatoms. The van der Waals surface area contributed by atoms with Crippen LogP contribution in [-0.4, -0.2) is 10.2 Å². The minimum atomic E-state index is 0.176. The Kier molecular flexibility index (Phi) is 4.54. The van der Waals surface area contributed by atoms with E-state index in [1.165, 1.54) is 11.1 Å². The molecule has 0 bridgehead atoms. The number of phenolic OH excluding ortho intramolecular Hbond substituents is 2. The highest BCUT2D eigenvalue weighted by Gasteiger charge is 2.26. The van der Waals surface area contributed by atoms with E-state index in [9.17, 15) is 10.2 Å². The average Bonchev–Trinajstić information content (AvgIpc) is 2.62. The van der Waals surface area contributed by atoms with E-state index in [2.05, 4.69) is 26.0 Å². The molecule has 3 aromatic rings. The lowest BCUT2D eigenvalue weighted by atomic mass is 9.83. The predicted octanol–water partition coefficient (Wildman–Crippen LogP) is 6.01. The van der Waals surface area contributed by atoms with Crippen LogP contribution in [0.4, 0.5) is 0 Å². The van der Waals surface area contributed by atoms with Crippen molar-refractivity contribution < 1.29 is 14.9 Å². The Morgan fingerprint density at radius 3 is 2.18 bits per heavy atom. The maximum atomic E-state index is 10.8. The van der Waals surface area contributed by atoms with Crippen molar-refractivity contribution in [2.75, 3.05) is 0 Å². The van der Waals surface area contributed by atoms with Gasteiger partial charge in [0.1, 0.15) is 23.0 Å². The molecule has 2 N–H and O–H groups in total. The van der Waals surface area contributed by atoms with Crippen molar-refractivity contribution in [3.8, 4) is 23.0 Å². The fourth-order valence-corrected chi connectivity index (χ4v) is 4.38. The highest BCUT2D eigenvalue weighted by atomic mass is 16.5. The van der Waals surface area contributed by atoms with Gasteiger partial charge < -0.3 is 14.9 Å². The summed E-state index contributed by atoms with van der Waals surface area (Å²) in [5, 5.41) is 20.5. The van der Waals surface area contributed by atoms with E-state index in [-0.39, 0.29) is 11.7 Å². The van der Waals surface area contributed by atoms with Crippen LogP contribution in [0.5, 0.6) is 23.0 Å². The van der Waals surface area contributed by atoms with E-state index in [0.717, 1.165) is 45.7 Å². The molecule has 3 nitrogen and oxygen atoms in total. The summed E-state index contributed by atoms with van der Waals surface area (Å²) in [4.78, 5) is 0. The summed E-state index contributed by atoms with van der Waals surface area (Å²) < 4.78 is 6.44. The number of fused-ring (bicyclic) bond motifs is 2. The molecule has 0 aliphatic carbocycles. The fourth-order valence-electron chi connectivity index (χ4n) is 4.38. The number of hydrogen-bond donors (Lipinski definition) is 2. The third kappa shape index (κ3) is 3.22. The molecule has 1 aliphatic heterocycles. The van der Waals surface area contributed by atoms with E-state index in [1.807, 2.05) is 32.0 Å². The second-order valence-corrected chi connectivity index (χ2v) is 8.04. The van der Waals surface area contributed by atoms with Gasteiger partial charge in [-0.1, -0.05) is 29.8 Å². The highest BCUT2D eigenvalue weighted by molar-refractivity contribution is 5.58. The normalized spacial score (nSPS) is 15.8. The van der Waals surface area contributed by atoms with E-state index in [0.29, 0.717) is 12.2 Å². The zero-order chi connectivity index (χ0) is 20.0. The lowest BCUT2D eigenvalue weighted by molar-refractivity contribution is 0.420. The molecule has 1 unspecified atom stereocenters. The summed E-state index contributed by atoms with van der Waals surface area (Å²) in [5.41, 5.74) is 7.41. The average molecular weight is 374 g/mol. The second-order valence-electron chi connectivity index (χ2n) is 8.04. The van der Waals surface area contributed by atoms with Crippen molar-refractivity contribution in [1.82, 2.24) is 0 Å². The maximum absolute atomic E-state index is 10.8. The van der Waals surface area contributed by atoms with Crippen LogP contribution in [0.15, 0.2) is 42.5 Å². The van der Waals surface area contributed by atoms with Crippen LogP contribution in [0.25, 0.3) is 0 Å². The third-order valence-corrected chi connectivity index (χ3v) is 5.71. The van der Waals surface area contributed by atoms with Crippen LogP contribution in [0.2, 0.25) is 0 Å². The lowest BCUT2D eigenvalue weighted by Crippen LogP contribution is -2.13. The van der Waals surface area contributed by atoms with Gasteiger partial charge in [-0.3, -0.25) is 0 Å². The van der Waals surface area contributed by atoms with Crippen LogP contribution in [-0.2, 0) is 12.8 Å². The van der Waals surface area contributed by atoms with Gasteiger partial charge in [0.15, 0.2) is 0 Å². The summed E-state index contributed by atoms with van der Waals surface area (Å²) in [6, 6.07) is 13.7. The summed E-state index contributed by atoms with van der Waals surface area (Å²) in [7, 11) is 0. The van der Waals surface area contributed by atoms with E-state index in [4.69, 9.17) is 4.74 Å². The zero-order valence-corrected chi connectivity index (χ0v) is 16.8. The Labute approximate surface area is 166 Å². The Morgan fingerprint density at radius 2 is 1.46 bits per heavy atom. The molecule has 0 aromatic heterocycles. The van der Waals surface area contributed by atoms with Gasteiger partial charge in [0.25, 0.3) is 0 Å². The Bertz CT molecular complexity index is 1050. The molecule has 0 saturated carbocycles. The molecule has 0 fully saturated rings. The van der Waals surface area contributed by atoms with Gasteiger partial charge in [0, 0.05) is 5.56 Å². The second kappa shape index (κ2) is 6.90. The quantitative estimate of drug-likeness (QED) is 0.549. The minimum Gasteiger partial charge on any atom is -0.508 e. The first-order valence-electron chi connectivity index (χ1n) is 9.72. The maximum Gasteiger partial charge on any atom is 0.137 e. The Balaban J connectivity index is 1.94. The molecule has 3 aromatic carbocycles. The highest BCUT2D eigenvalue weighted by Crippen LogP contribution is 2.45. The molecule has 0 saturated heterocycles. The number of phenols is 2. The summed E-state index contributed by atoms with van der Waals surface area (Å²) >= 11 is 0. The van der Waals surface area contributed by atoms with Crippen molar-refractivity contribution >= 4 is 0 Å². The van der Waals surface area contributed by atoms with Crippen LogP contribution < -0.4 is 4.74 Å². The number of hydrogen-bond acceptors (Lipinski definition) is 3. The SMILES string of the molecule is Cc1cc(C)c2c(c1)CC(c1ccc(O)cc1)Cc1c(O)c(C)cc(C)c1O2. The van der Waals surface area contributed by atoms with E-state index >= 15 is 0 Å². The molecule has 0 amide bonds. The Hall–Kier alpha value is -2.94. The molecule has 0 spiro atoms. The number of aryl methyl sites for hydroxylation is 4. The smallest absolute Gasteiger partial charge is 0.137 e. The fraction of sp³-hybridized carbons (Fsp3) is 0.280. The standard InChI is InChI=1S/C25H26O3/c1-14-9-16(3)24-20(10-14)12-19(18-5-7-21(26)8-6-18)13-22-23(27)15(2)11-17(4)25(22)28-24/h5-11,19,26-27H,12-13H2,1-4H3. The van der Waals surface area contributed by atoms with Gasteiger partial charge in [0.05, 0.1) is 0 Å². The molecule has 1 aliphatic rings. The first kappa shape index (κ1) is 18.4. The number of ether oxygens (including phenoxy) is 1. The first-order valence-corrected chi connectivity index (χ1v) is 9.72. The molecule has 1 heterocycles. The van der Waals surface area contributed by atoms with Gasteiger partial charge in [-0.25, -0.2) is 0 Å². The van der Waals surface area contributed by atoms with E-state index < -0.39 is 0 Å². The van der Waals surface area contributed by atoms with Crippen LogP contribution in [0.3, 0.4) is 0 Å². The van der Waals surface area contributed by atoms with Crippen LogP contribution in [0, 0.1) is 27.7 Å². The number of rotatable bonds is 1. The van der Waals surface area contributed by atoms with Crippen molar-refractivity contribution in [2.24, 2.45) is 0 Å². The van der Waals surface area contributed by atoms with Gasteiger partial charge in [0.2, 0.25) is 0 Å². The van der Waals surface area contributed by atoms with Gasteiger partial charge >= 0.3 is 0 Å². The van der Waals surface area contributed by atoms with Crippen molar-refractivity contribution in [3.63, 3.8) is 0 Å². The molecular weight excluding hydrogens is 348 g/mol. The van der Waals surface area contributed by atoms with Crippen molar-refractivity contribution in [3.05, 3.63) is 81.4 Å². The molecular formula is C25H26O3. The molecule has 144 valence electrons. The Morgan fingerprint density at radius 1 is 0.786 bits per heavy atom. The molecule has 28 heavy (non-hydrogen) atoms. The third-order valence-electron chi connectivity index (χ3n) is 5.71. The number of aromatic hydroxyl groups is 2. The lowest BCUT2D eigenvalue weighted by Gasteiger charge is -2.28. The van der Waals surface area contributed by atoms with Gasteiger partial charge in [-0.15, -0.1) is 0 Å². The van der Waals surface area contributed by atoms with Gasteiger partial charge in [-0.05, 0) is 92.5 Å². The first-order chi connectivity index (χ1) is 13.3. The van der Waals surface area contributed by atoms with Crippen molar-refractivity contribution in [2.45, 2.75) is 46.5 Å². The summed E-state index contributed by atoms with van der Waals surface area (Å²) in [6.45, 7) is 8.15. The monoisotopic (exact) mass is 374 g/mol. The molecule has 0 radical (unpaired) electrons. The largest absolute Gasteiger partial charge is 0.508 e. The minimum absolute atomic E-state index is 0.176. The number of benzene rings is 3. The zero-order valence-electron chi connectivity index (χ0n) is 16.8. The van der Waals surface area contributed by atoms with Crippen molar-refractivity contribution in [1.29, 1.82) is 0 Å². The van der Waals surface area contributed by atoms with E-state index in [1.54, 1.807) is 12.1 Å². The van der Waals surface area contributed by atoms with Crippen LogP contribution >= 0.6 is 0 Å². The predicted molar refractivity (Wildman–Crippen MR) is 112 cm³/mol. The summed E-state index contributed by atoms with van der Waals surface area (Å²) in [6.07, 6.45) is 1.50. The summed E-state index contributed by atoms with van der Waals surface area (Å²) in [5.74, 6) is 2.41. The van der Waals surface area contributed by atoms with Crippen LogP contribution in [0.1, 0.15) is 44.9 Å². The topological polar surface area (TPSA) is 49.7 Å². The molecule has 1 atom stereocenters.